The number of aromatic amines is 1. The molecule has 1 aromatic carbocycles. The molecule has 0 atom stereocenters. The molecule has 4 nitrogen and oxygen atoms in total. The lowest BCUT2D eigenvalue weighted by atomic mass is 10.1. The van der Waals surface area contributed by atoms with Crippen molar-refractivity contribution < 1.29 is 14.3 Å². The maximum atomic E-state index is 13.2. The van der Waals surface area contributed by atoms with Gasteiger partial charge in [-0.05, 0) is 24.6 Å². The number of hydrogen-bond donors (Lipinski definition) is 2. The zero-order valence-electron chi connectivity index (χ0n) is 8.37. The minimum atomic E-state index is -1.30. The molecule has 0 fully saturated rings. The van der Waals surface area contributed by atoms with Crippen molar-refractivity contribution >= 4 is 16.9 Å². The van der Waals surface area contributed by atoms with Gasteiger partial charge < -0.3 is 10.1 Å². The molecule has 0 unspecified atom stereocenters. The largest absolute Gasteiger partial charge is 0.477 e. The topological polar surface area (TPSA) is 70.2 Å². The smallest absolute Gasteiger partial charge is 0.341 e. The monoisotopic (exact) mass is 221 g/mol. The van der Waals surface area contributed by atoms with E-state index < -0.39 is 17.2 Å². The highest BCUT2D eigenvalue weighted by molar-refractivity contribution is 5.92. The van der Waals surface area contributed by atoms with E-state index in [9.17, 15) is 14.0 Å². The fourth-order valence-electron chi connectivity index (χ4n) is 1.51. The summed E-state index contributed by atoms with van der Waals surface area (Å²) in [6.07, 6.45) is 1.07. The first-order valence-corrected chi connectivity index (χ1v) is 4.55. The van der Waals surface area contributed by atoms with Crippen LogP contribution in [0.25, 0.3) is 10.9 Å². The number of benzene rings is 1. The summed E-state index contributed by atoms with van der Waals surface area (Å²) in [5, 5.41) is 8.93. The maximum absolute atomic E-state index is 13.2. The summed E-state index contributed by atoms with van der Waals surface area (Å²) < 4.78 is 13.2. The van der Waals surface area contributed by atoms with Crippen molar-refractivity contribution in [2.45, 2.75) is 6.92 Å². The van der Waals surface area contributed by atoms with Crippen molar-refractivity contribution in [1.29, 1.82) is 0 Å². The predicted molar refractivity (Wildman–Crippen MR) is 56.2 cm³/mol. The second kappa shape index (κ2) is 3.44. The molecule has 0 bridgehead atoms. The first-order valence-electron chi connectivity index (χ1n) is 4.55. The zero-order valence-corrected chi connectivity index (χ0v) is 8.37. The number of aromatic nitrogens is 1. The third-order valence-electron chi connectivity index (χ3n) is 2.39. The Morgan fingerprint density at radius 3 is 2.75 bits per heavy atom. The second-order valence-corrected chi connectivity index (χ2v) is 3.48. The minimum Gasteiger partial charge on any atom is -0.477 e. The number of carboxylic acid groups (broad SMARTS) is 1. The molecule has 0 aliphatic carbocycles. The van der Waals surface area contributed by atoms with Gasteiger partial charge in [-0.25, -0.2) is 9.18 Å². The van der Waals surface area contributed by atoms with E-state index in [2.05, 4.69) is 4.98 Å². The Kier molecular flexibility index (Phi) is 2.23. The molecule has 5 heteroatoms. The van der Waals surface area contributed by atoms with Crippen molar-refractivity contribution in [3.05, 3.63) is 45.5 Å². The highest BCUT2D eigenvalue weighted by atomic mass is 19.1. The van der Waals surface area contributed by atoms with Crippen LogP contribution in [-0.2, 0) is 0 Å². The van der Waals surface area contributed by atoms with E-state index in [1.54, 1.807) is 0 Å². The first kappa shape index (κ1) is 10.4. The summed E-state index contributed by atoms with van der Waals surface area (Å²) >= 11 is 0. The highest BCUT2D eigenvalue weighted by Gasteiger charge is 2.12. The van der Waals surface area contributed by atoms with Gasteiger partial charge in [0.2, 0.25) is 5.43 Å². The van der Waals surface area contributed by atoms with Crippen molar-refractivity contribution in [2.75, 3.05) is 0 Å². The van der Waals surface area contributed by atoms with Gasteiger partial charge in [0, 0.05) is 11.6 Å². The zero-order chi connectivity index (χ0) is 11.9. The average Bonchev–Trinajstić information content (AvgIpc) is 2.21. The summed E-state index contributed by atoms with van der Waals surface area (Å²) in [6.45, 7) is 1.52. The van der Waals surface area contributed by atoms with Crippen LogP contribution in [0.2, 0.25) is 0 Å². The van der Waals surface area contributed by atoms with Crippen LogP contribution in [0.3, 0.4) is 0 Å². The molecule has 2 aromatic rings. The fraction of sp³-hybridized carbons (Fsp3) is 0.0909. The first-order chi connectivity index (χ1) is 7.50. The molecule has 0 aliphatic heterocycles. The predicted octanol–water partition coefficient (Wildman–Crippen LogP) is 1.67. The van der Waals surface area contributed by atoms with Crippen molar-refractivity contribution in [2.24, 2.45) is 0 Å². The van der Waals surface area contributed by atoms with Crippen LogP contribution < -0.4 is 5.43 Å². The number of hydrogen-bond acceptors (Lipinski definition) is 2. The Labute approximate surface area is 89.3 Å². The van der Waals surface area contributed by atoms with Crippen molar-refractivity contribution in [1.82, 2.24) is 4.98 Å². The molecule has 0 aliphatic rings. The van der Waals surface area contributed by atoms with Gasteiger partial charge in [0.1, 0.15) is 11.4 Å². The lowest BCUT2D eigenvalue weighted by Gasteiger charge is -2.02. The molecule has 1 aromatic heterocycles. The lowest BCUT2D eigenvalue weighted by Crippen LogP contribution is -2.15. The third kappa shape index (κ3) is 1.46. The molecule has 0 amide bonds. The Morgan fingerprint density at radius 1 is 1.44 bits per heavy atom. The molecule has 1 heterocycles. The molecule has 0 saturated heterocycles. The van der Waals surface area contributed by atoms with Gasteiger partial charge in [0.05, 0.1) is 5.52 Å². The number of aryl methyl sites for hydroxylation is 1. The van der Waals surface area contributed by atoms with Crippen LogP contribution in [0.5, 0.6) is 0 Å². The number of fused-ring (bicyclic) bond motifs is 1. The average molecular weight is 221 g/mol. The Balaban J connectivity index is 2.90. The van der Waals surface area contributed by atoms with E-state index in [0.29, 0.717) is 5.56 Å². The van der Waals surface area contributed by atoms with Gasteiger partial charge in [-0.15, -0.1) is 0 Å². The van der Waals surface area contributed by atoms with Crippen LogP contribution in [0, 0.1) is 12.7 Å². The Morgan fingerprint density at radius 2 is 2.12 bits per heavy atom. The van der Waals surface area contributed by atoms with Gasteiger partial charge >= 0.3 is 5.97 Å². The van der Waals surface area contributed by atoms with Gasteiger partial charge in [-0.3, -0.25) is 4.79 Å². The Hall–Kier alpha value is -2.17. The standard InChI is InChI=1S/C11H8FNO3/c1-5-2-6-9(3-8(5)12)13-4-7(10(6)14)11(15)16/h2-4H,1H3,(H,13,14)(H,15,16). The number of pyridine rings is 1. The molecule has 0 spiro atoms. The van der Waals surface area contributed by atoms with Crippen LogP contribution in [-0.4, -0.2) is 16.1 Å². The summed E-state index contributed by atoms with van der Waals surface area (Å²) in [7, 11) is 0. The molecular weight excluding hydrogens is 213 g/mol. The summed E-state index contributed by atoms with van der Waals surface area (Å²) in [5.74, 6) is -1.74. The van der Waals surface area contributed by atoms with E-state index in [1.807, 2.05) is 0 Å². The second-order valence-electron chi connectivity index (χ2n) is 3.48. The number of rotatable bonds is 1. The van der Waals surface area contributed by atoms with E-state index in [0.717, 1.165) is 6.20 Å². The number of halogens is 1. The molecule has 0 saturated carbocycles. The van der Waals surface area contributed by atoms with Crippen molar-refractivity contribution in [3.63, 3.8) is 0 Å². The normalized spacial score (nSPS) is 10.6. The Bertz CT molecular complexity index is 645. The maximum Gasteiger partial charge on any atom is 0.341 e. The van der Waals surface area contributed by atoms with Gasteiger partial charge in [-0.2, -0.15) is 0 Å². The van der Waals surface area contributed by atoms with Crippen LogP contribution in [0.1, 0.15) is 15.9 Å². The quantitative estimate of drug-likeness (QED) is 0.769. The number of nitrogens with one attached hydrogen (secondary N) is 1. The summed E-state index contributed by atoms with van der Waals surface area (Å²) in [5.41, 5.74) is -0.360. The highest BCUT2D eigenvalue weighted by Crippen LogP contribution is 2.14. The molecule has 0 radical (unpaired) electrons. The number of carbonyl (C=O) groups is 1. The molecular formula is C11H8FNO3. The number of aromatic carboxylic acids is 1. The summed E-state index contributed by atoms with van der Waals surface area (Å²) in [6, 6.07) is 2.52. The minimum absolute atomic E-state index is 0.179. The van der Waals surface area contributed by atoms with E-state index >= 15 is 0 Å². The van der Waals surface area contributed by atoms with Crippen LogP contribution >= 0.6 is 0 Å². The van der Waals surface area contributed by atoms with Gasteiger partial charge in [-0.1, -0.05) is 0 Å². The molecule has 82 valence electrons. The molecule has 2 N–H and O–H groups in total. The van der Waals surface area contributed by atoms with Crippen LogP contribution in [0.4, 0.5) is 4.39 Å². The van der Waals surface area contributed by atoms with Crippen LogP contribution in [0.15, 0.2) is 23.1 Å². The van der Waals surface area contributed by atoms with Gasteiger partial charge in [0.25, 0.3) is 0 Å². The van der Waals surface area contributed by atoms with E-state index in [-0.39, 0.29) is 16.5 Å². The summed E-state index contributed by atoms with van der Waals surface area (Å²) in [4.78, 5) is 25.0. The third-order valence-corrected chi connectivity index (χ3v) is 2.39. The number of H-pyrrole nitrogens is 1. The fourth-order valence-corrected chi connectivity index (χ4v) is 1.51. The molecule has 16 heavy (non-hydrogen) atoms. The molecule has 2 rings (SSSR count). The lowest BCUT2D eigenvalue weighted by molar-refractivity contribution is 0.0695. The SMILES string of the molecule is Cc1cc2c(=O)c(C(=O)O)c[nH]c2cc1F. The van der Waals surface area contributed by atoms with E-state index in [4.69, 9.17) is 5.11 Å². The van der Waals surface area contributed by atoms with Crippen molar-refractivity contribution in [3.8, 4) is 0 Å². The van der Waals surface area contributed by atoms with Gasteiger partial charge in [0.15, 0.2) is 0 Å². The van der Waals surface area contributed by atoms with E-state index in [1.165, 1.54) is 19.1 Å². The number of carboxylic acids is 1.